The second-order valence-electron chi connectivity index (χ2n) is 7.71. The molecule has 27 heavy (non-hydrogen) atoms. The molecule has 0 unspecified atom stereocenters. The minimum Gasteiger partial charge on any atom is -0.360 e. The third-order valence-corrected chi connectivity index (χ3v) is 4.61. The highest BCUT2D eigenvalue weighted by atomic mass is 19.4. The van der Waals surface area contributed by atoms with E-state index in [0.29, 0.717) is 18.7 Å². The Balaban J connectivity index is 1.72. The van der Waals surface area contributed by atoms with Crippen molar-refractivity contribution in [1.29, 1.82) is 0 Å². The van der Waals surface area contributed by atoms with Crippen molar-refractivity contribution < 1.29 is 22.5 Å². The zero-order valence-electron chi connectivity index (χ0n) is 15.4. The van der Waals surface area contributed by atoms with E-state index < -0.39 is 17.8 Å². The van der Waals surface area contributed by atoms with Crippen LogP contribution in [-0.4, -0.2) is 23.7 Å². The number of alkyl halides is 3. The van der Waals surface area contributed by atoms with Crippen molar-refractivity contribution in [2.75, 3.05) is 16.8 Å². The van der Waals surface area contributed by atoms with Gasteiger partial charge >= 0.3 is 6.18 Å². The number of benzene rings is 1. The number of aromatic nitrogens is 1. The van der Waals surface area contributed by atoms with Gasteiger partial charge in [-0.25, -0.2) is 0 Å². The number of nitrogens with zero attached hydrogens (tertiary/aromatic N) is 2. The normalized spacial score (nSPS) is 18.0. The Labute approximate surface area is 155 Å². The number of hydrogen-bond acceptors (Lipinski definition) is 4. The lowest BCUT2D eigenvalue weighted by molar-refractivity contribution is -0.137. The summed E-state index contributed by atoms with van der Waals surface area (Å²) in [5.74, 6) is 0.00759. The summed E-state index contributed by atoms with van der Waals surface area (Å²) in [6, 6.07) is 6.10. The molecule has 1 aromatic heterocycles. The van der Waals surface area contributed by atoms with Crippen LogP contribution in [0.3, 0.4) is 0 Å². The quantitative estimate of drug-likeness (QED) is 0.844. The van der Waals surface area contributed by atoms with Gasteiger partial charge in [-0.15, -0.1) is 0 Å². The van der Waals surface area contributed by atoms with E-state index in [1.165, 1.54) is 12.1 Å². The molecule has 1 aliphatic rings. The molecular formula is C19H22F3N3O2. The van der Waals surface area contributed by atoms with Gasteiger partial charge in [0.1, 0.15) is 6.04 Å². The minimum atomic E-state index is -4.38. The largest absolute Gasteiger partial charge is 0.416 e. The highest BCUT2D eigenvalue weighted by molar-refractivity contribution is 5.96. The summed E-state index contributed by atoms with van der Waals surface area (Å²) in [6.45, 7) is 6.56. The van der Waals surface area contributed by atoms with Gasteiger partial charge in [0.25, 0.3) is 0 Å². The molecule has 1 amide bonds. The topological polar surface area (TPSA) is 58.4 Å². The molecule has 0 radical (unpaired) electrons. The summed E-state index contributed by atoms with van der Waals surface area (Å²) in [5.41, 5.74) is 0.409. The first-order valence-electron chi connectivity index (χ1n) is 8.78. The first-order valence-corrected chi connectivity index (χ1v) is 8.78. The summed E-state index contributed by atoms with van der Waals surface area (Å²) < 4.78 is 43.4. The van der Waals surface area contributed by atoms with Crippen molar-refractivity contribution in [2.24, 2.45) is 0 Å². The van der Waals surface area contributed by atoms with E-state index in [2.05, 4.69) is 10.5 Å². The maximum Gasteiger partial charge on any atom is 0.416 e. The number of amides is 1. The molecule has 5 nitrogen and oxygen atoms in total. The Morgan fingerprint density at radius 2 is 1.89 bits per heavy atom. The highest BCUT2D eigenvalue weighted by Gasteiger charge is 2.33. The Morgan fingerprint density at radius 3 is 2.44 bits per heavy atom. The fourth-order valence-electron chi connectivity index (χ4n) is 3.08. The van der Waals surface area contributed by atoms with Crippen molar-refractivity contribution >= 4 is 17.5 Å². The van der Waals surface area contributed by atoms with Gasteiger partial charge in [0.15, 0.2) is 0 Å². The van der Waals surface area contributed by atoms with Gasteiger partial charge in [-0.05, 0) is 37.1 Å². The summed E-state index contributed by atoms with van der Waals surface area (Å²) in [5, 5.41) is 6.69. The second-order valence-corrected chi connectivity index (χ2v) is 7.71. The first-order chi connectivity index (χ1) is 12.6. The fourth-order valence-corrected chi connectivity index (χ4v) is 3.08. The van der Waals surface area contributed by atoms with Crippen molar-refractivity contribution in [2.45, 2.75) is 51.2 Å². The lowest BCUT2D eigenvalue weighted by Gasteiger charge is -2.25. The third-order valence-electron chi connectivity index (χ3n) is 4.61. The molecule has 1 aliphatic heterocycles. The predicted molar refractivity (Wildman–Crippen MR) is 95.6 cm³/mol. The molecule has 2 heterocycles. The highest BCUT2D eigenvalue weighted by Crippen LogP contribution is 2.33. The SMILES string of the molecule is CC(C)(C)c1cc(NC(=O)[C@@H]2CCCN2c2ccc(C(F)(F)F)cc2)on1. The van der Waals surface area contributed by atoms with E-state index in [-0.39, 0.29) is 17.2 Å². The van der Waals surface area contributed by atoms with E-state index in [4.69, 9.17) is 4.52 Å². The summed E-state index contributed by atoms with van der Waals surface area (Å²) in [6.07, 6.45) is -2.98. The van der Waals surface area contributed by atoms with E-state index in [1.54, 1.807) is 6.07 Å². The van der Waals surface area contributed by atoms with Crippen LogP contribution in [0.5, 0.6) is 0 Å². The number of halogens is 3. The molecule has 0 saturated carbocycles. The Kier molecular flexibility index (Phi) is 4.92. The molecule has 1 N–H and O–H groups in total. The number of carbonyl (C=O) groups excluding carboxylic acids is 1. The van der Waals surface area contributed by atoms with Gasteiger partial charge in [-0.3, -0.25) is 10.1 Å². The monoisotopic (exact) mass is 381 g/mol. The molecule has 146 valence electrons. The van der Waals surface area contributed by atoms with Gasteiger partial charge in [-0.2, -0.15) is 13.2 Å². The van der Waals surface area contributed by atoms with Crippen LogP contribution in [0.2, 0.25) is 0 Å². The molecule has 0 spiro atoms. The number of hydrogen-bond donors (Lipinski definition) is 1. The maximum atomic E-state index is 12.7. The van der Waals surface area contributed by atoms with Crippen LogP contribution in [0.4, 0.5) is 24.7 Å². The zero-order valence-corrected chi connectivity index (χ0v) is 15.4. The van der Waals surface area contributed by atoms with E-state index >= 15 is 0 Å². The summed E-state index contributed by atoms with van der Waals surface area (Å²) >= 11 is 0. The lowest BCUT2D eigenvalue weighted by atomic mass is 9.92. The number of rotatable bonds is 3. The van der Waals surface area contributed by atoms with Gasteiger partial charge in [0.2, 0.25) is 11.8 Å². The van der Waals surface area contributed by atoms with E-state index in [0.717, 1.165) is 24.2 Å². The molecular weight excluding hydrogens is 359 g/mol. The van der Waals surface area contributed by atoms with Crippen LogP contribution in [0.1, 0.15) is 44.9 Å². The predicted octanol–water partition coefficient (Wildman–Crippen LogP) is 4.60. The second kappa shape index (κ2) is 6.90. The van der Waals surface area contributed by atoms with E-state index in [9.17, 15) is 18.0 Å². The van der Waals surface area contributed by atoms with Crippen LogP contribution >= 0.6 is 0 Å². The van der Waals surface area contributed by atoms with Gasteiger partial charge in [0, 0.05) is 23.7 Å². The van der Waals surface area contributed by atoms with Crippen molar-refractivity contribution in [1.82, 2.24) is 5.16 Å². The molecule has 1 aromatic carbocycles. The van der Waals surface area contributed by atoms with Crippen molar-refractivity contribution in [3.8, 4) is 0 Å². The summed E-state index contributed by atoms with van der Waals surface area (Å²) in [4.78, 5) is 14.5. The van der Waals surface area contributed by atoms with Crippen LogP contribution in [0, 0.1) is 0 Å². The fraction of sp³-hybridized carbons (Fsp3) is 0.474. The van der Waals surface area contributed by atoms with Gasteiger partial charge in [-0.1, -0.05) is 25.9 Å². The van der Waals surface area contributed by atoms with Crippen LogP contribution in [0.25, 0.3) is 0 Å². The van der Waals surface area contributed by atoms with Gasteiger partial charge < -0.3 is 9.42 Å². The molecule has 0 aliphatic carbocycles. The van der Waals surface area contributed by atoms with Gasteiger partial charge in [0.05, 0.1) is 11.3 Å². The Morgan fingerprint density at radius 1 is 1.22 bits per heavy atom. The lowest BCUT2D eigenvalue weighted by Crippen LogP contribution is -2.39. The average Bonchev–Trinajstić information content (AvgIpc) is 3.22. The van der Waals surface area contributed by atoms with E-state index in [1.807, 2.05) is 25.7 Å². The molecule has 8 heteroatoms. The van der Waals surface area contributed by atoms with Crippen LogP contribution in [0.15, 0.2) is 34.9 Å². The third kappa shape index (κ3) is 4.26. The Hall–Kier alpha value is -2.51. The Bertz CT molecular complexity index is 807. The van der Waals surface area contributed by atoms with Crippen LogP contribution < -0.4 is 10.2 Å². The first kappa shape index (κ1) is 19.3. The molecule has 1 fully saturated rings. The molecule has 1 saturated heterocycles. The molecule has 0 bridgehead atoms. The number of carbonyl (C=O) groups is 1. The molecule has 3 rings (SSSR count). The molecule has 2 aromatic rings. The van der Waals surface area contributed by atoms with Crippen molar-refractivity contribution in [3.63, 3.8) is 0 Å². The standard InChI is InChI=1S/C19H22F3N3O2/c1-18(2,3)15-11-16(27-24-15)23-17(26)14-5-4-10-25(14)13-8-6-12(7-9-13)19(20,21)22/h6-9,11,14H,4-5,10H2,1-3H3,(H,23,26)/t14-/m0/s1. The average molecular weight is 381 g/mol. The number of nitrogens with one attached hydrogen (secondary N) is 1. The smallest absolute Gasteiger partial charge is 0.360 e. The maximum absolute atomic E-state index is 12.7. The summed E-state index contributed by atoms with van der Waals surface area (Å²) in [7, 11) is 0. The minimum absolute atomic E-state index is 0.202. The molecule has 1 atom stereocenters. The zero-order chi connectivity index (χ0) is 19.8. The van der Waals surface area contributed by atoms with Crippen LogP contribution in [-0.2, 0) is 16.4 Å². The number of anilines is 2. The van der Waals surface area contributed by atoms with Crippen molar-refractivity contribution in [3.05, 3.63) is 41.6 Å².